The Morgan fingerprint density at radius 3 is 2.70 bits per heavy atom. The molecule has 1 aliphatic carbocycles. The minimum Gasteiger partial charge on any atom is -0.344 e. The van der Waals surface area contributed by atoms with Gasteiger partial charge < -0.3 is 5.32 Å². The summed E-state index contributed by atoms with van der Waals surface area (Å²) in [6.45, 7) is 5.23. The molecule has 4 rings (SSSR count). The van der Waals surface area contributed by atoms with Crippen LogP contribution in [0.25, 0.3) is 0 Å². The minimum absolute atomic E-state index is 0.0530. The molecule has 0 radical (unpaired) electrons. The van der Waals surface area contributed by atoms with Gasteiger partial charge in [0.15, 0.2) is 0 Å². The number of carbonyl (C=O) groups is 1. The van der Waals surface area contributed by atoms with Gasteiger partial charge in [-0.25, -0.2) is 0 Å². The Morgan fingerprint density at radius 1 is 1.19 bits per heavy atom. The second-order valence-corrected chi connectivity index (χ2v) is 7.98. The van der Waals surface area contributed by atoms with Crippen LogP contribution >= 0.6 is 0 Å². The highest BCUT2D eigenvalue weighted by molar-refractivity contribution is 5.92. The summed E-state index contributed by atoms with van der Waals surface area (Å²) in [6, 6.07) is 15.7. The number of pyridine rings is 1. The molecule has 2 heterocycles. The molecule has 3 aromatic rings. The summed E-state index contributed by atoms with van der Waals surface area (Å²) in [5.74, 6) is -0.139. The number of benzene rings is 1. The molecular weight excluding hydrogens is 336 g/mol. The van der Waals surface area contributed by atoms with Crippen molar-refractivity contribution >= 4 is 5.91 Å². The van der Waals surface area contributed by atoms with E-state index in [1.807, 2.05) is 36.5 Å². The van der Waals surface area contributed by atoms with Gasteiger partial charge in [0.1, 0.15) is 5.69 Å². The van der Waals surface area contributed by atoms with Gasteiger partial charge in [-0.1, -0.05) is 50.2 Å². The minimum atomic E-state index is -0.139. The zero-order chi connectivity index (χ0) is 18.9. The van der Waals surface area contributed by atoms with Gasteiger partial charge in [0.2, 0.25) is 0 Å². The number of aromatic nitrogens is 3. The van der Waals surface area contributed by atoms with Crippen molar-refractivity contribution < 1.29 is 4.79 Å². The fraction of sp³-hybridized carbons (Fsp3) is 0.318. The number of hydrogen-bond acceptors (Lipinski definition) is 3. The third-order valence-corrected chi connectivity index (χ3v) is 5.14. The van der Waals surface area contributed by atoms with E-state index in [0.717, 1.165) is 24.9 Å². The van der Waals surface area contributed by atoms with Crippen LogP contribution in [0.3, 0.4) is 0 Å². The van der Waals surface area contributed by atoms with Crippen LogP contribution in [0.2, 0.25) is 0 Å². The first kappa shape index (κ1) is 17.5. The number of nitrogens with zero attached hydrogens (tertiary/aromatic N) is 3. The molecule has 0 saturated carbocycles. The molecule has 1 N–H and O–H groups in total. The zero-order valence-corrected chi connectivity index (χ0v) is 15.7. The first-order chi connectivity index (χ1) is 13.0. The highest BCUT2D eigenvalue weighted by Gasteiger charge is 2.35. The SMILES string of the molecule is CC1(C)Cc2c(cnn2Cc2ccccc2)C(NC(=O)c2ccccn2)C1. The molecule has 1 unspecified atom stereocenters. The molecule has 0 bridgehead atoms. The lowest BCUT2D eigenvalue weighted by atomic mass is 9.74. The Labute approximate surface area is 159 Å². The summed E-state index contributed by atoms with van der Waals surface area (Å²) in [5, 5.41) is 7.81. The van der Waals surface area contributed by atoms with E-state index in [1.54, 1.807) is 12.3 Å². The topological polar surface area (TPSA) is 59.8 Å². The van der Waals surface area contributed by atoms with Crippen molar-refractivity contribution in [3.8, 4) is 0 Å². The van der Waals surface area contributed by atoms with E-state index in [1.165, 1.54) is 11.3 Å². The largest absolute Gasteiger partial charge is 0.344 e. The molecule has 1 aliphatic rings. The summed E-state index contributed by atoms with van der Waals surface area (Å²) in [4.78, 5) is 16.8. The first-order valence-corrected chi connectivity index (χ1v) is 9.32. The van der Waals surface area contributed by atoms with Crippen LogP contribution in [-0.4, -0.2) is 20.7 Å². The molecule has 5 heteroatoms. The monoisotopic (exact) mass is 360 g/mol. The Balaban J connectivity index is 1.61. The van der Waals surface area contributed by atoms with Crippen LogP contribution < -0.4 is 5.32 Å². The van der Waals surface area contributed by atoms with E-state index in [9.17, 15) is 4.79 Å². The highest BCUT2D eigenvalue weighted by atomic mass is 16.1. The average Bonchev–Trinajstić information content (AvgIpc) is 3.05. The summed E-state index contributed by atoms with van der Waals surface area (Å²) in [6.07, 6.45) is 5.39. The Hall–Kier alpha value is -2.95. The molecule has 1 aromatic carbocycles. The van der Waals surface area contributed by atoms with Crippen LogP contribution in [0.15, 0.2) is 60.9 Å². The molecule has 0 saturated heterocycles. The van der Waals surface area contributed by atoms with Gasteiger partial charge in [0.05, 0.1) is 18.8 Å². The predicted octanol–water partition coefficient (Wildman–Crippen LogP) is 3.77. The van der Waals surface area contributed by atoms with Crippen LogP contribution in [0.5, 0.6) is 0 Å². The van der Waals surface area contributed by atoms with Crippen molar-refractivity contribution in [2.45, 2.75) is 39.3 Å². The number of carbonyl (C=O) groups excluding carboxylic acids is 1. The maximum absolute atomic E-state index is 12.6. The molecule has 0 aliphatic heterocycles. The summed E-state index contributed by atoms with van der Waals surface area (Å²) >= 11 is 0. The van der Waals surface area contributed by atoms with Crippen molar-refractivity contribution in [3.05, 3.63) is 83.4 Å². The van der Waals surface area contributed by atoms with E-state index < -0.39 is 0 Å². The van der Waals surface area contributed by atoms with Crippen LogP contribution in [0.1, 0.15) is 53.6 Å². The summed E-state index contributed by atoms with van der Waals surface area (Å²) in [7, 11) is 0. The zero-order valence-electron chi connectivity index (χ0n) is 15.7. The van der Waals surface area contributed by atoms with Gasteiger partial charge in [-0.05, 0) is 36.0 Å². The number of amides is 1. The number of hydrogen-bond donors (Lipinski definition) is 1. The lowest BCUT2D eigenvalue weighted by molar-refractivity contribution is 0.0914. The van der Waals surface area contributed by atoms with Crippen molar-refractivity contribution in [3.63, 3.8) is 0 Å². The molecule has 0 fully saturated rings. The molecule has 2 aromatic heterocycles. The summed E-state index contributed by atoms with van der Waals surface area (Å²) < 4.78 is 2.07. The fourth-order valence-electron chi connectivity index (χ4n) is 3.85. The molecule has 138 valence electrons. The fourth-order valence-corrected chi connectivity index (χ4v) is 3.85. The van der Waals surface area contributed by atoms with E-state index >= 15 is 0 Å². The van der Waals surface area contributed by atoms with Gasteiger partial charge in [-0.2, -0.15) is 5.10 Å². The van der Waals surface area contributed by atoms with Gasteiger partial charge in [-0.3, -0.25) is 14.5 Å². The average molecular weight is 360 g/mol. The van der Waals surface area contributed by atoms with Crippen LogP contribution in [0.4, 0.5) is 0 Å². The Kier molecular flexibility index (Phi) is 4.52. The van der Waals surface area contributed by atoms with Gasteiger partial charge in [0, 0.05) is 17.5 Å². The Morgan fingerprint density at radius 2 is 1.96 bits per heavy atom. The van der Waals surface area contributed by atoms with Crippen molar-refractivity contribution in [2.75, 3.05) is 0 Å². The van der Waals surface area contributed by atoms with Gasteiger partial charge in [0.25, 0.3) is 5.91 Å². The first-order valence-electron chi connectivity index (χ1n) is 9.32. The Bertz CT molecular complexity index is 931. The van der Waals surface area contributed by atoms with E-state index in [-0.39, 0.29) is 17.4 Å². The normalized spacial score (nSPS) is 17.9. The lowest BCUT2D eigenvalue weighted by Crippen LogP contribution is -2.37. The van der Waals surface area contributed by atoms with Gasteiger partial charge >= 0.3 is 0 Å². The van der Waals surface area contributed by atoms with Gasteiger partial charge in [-0.15, -0.1) is 0 Å². The number of rotatable bonds is 4. The van der Waals surface area contributed by atoms with Crippen molar-refractivity contribution in [1.82, 2.24) is 20.1 Å². The molecule has 5 nitrogen and oxygen atoms in total. The molecule has 27 heavy (non-hydrogen) atoms. The maximum atomic E-state index is 12.6. The van der Waals surface area contributed by atoms with E-state index in [4.69, 9.17) is 0 Å². The molecular formula is C22H24N4O. The number of fused-ring (bicyclic) bond motifs is 1. The summed E-state index contributed by atoms with van der Waals surface area (Å²) in [5.41, 5.74) is 4.08. The molecule has 0 spiro atoms. The lowest BCUT2D eigenvalue weighted by Gasteiger charge is -2.36. The van der Waals surface area contributed by atoms with Crippen molar-refractivity contribution in [2.24, 2.45) is 5.41 Å². The number of nitrogens with one attached hydrogen (secondary N) is 1. The second kappa shape index (κ2) is 6.99. The predicted molar refractivity (Wildman–Crippen MR) is 104 cm³/mol. The molecule has 1 amide bonds. The smallest absolute Gasteiger partial charge is 0.270 e. The van der Waals surface area contributed by atoms with Crippen LogP contribution in [0, 0.1) is 5.41 Å². The second-order valence-electron chi connectivity index (χ2n) is 7.98. The third-order valence-electron chi connectivity index (χ3n) is 5.14. The van der Waals surface area contributed by atoms with E-state index in [2.05, 4.69) is 46.1 Å². The quantitative estimate of drug-likeness (QED) is 0.770. The van der Waals surface area contributed by atoms with Crippen molar-refractivity contribution in [1.29, 1.82) is 0 Å². The standard InChI is InChI=1S/C22H24N4O/c1-22(2)12-19(25-21(27)18-10-6-7-11-23-18)17-14-24-26(20(17)13-22)15-16-8-4-3-5-9-16/h3-11,14,19H,12-13,15H2,1-2H3,(H,25,27). The third kappa shape index (κ3) is 3.77. The van der Waals surface area contributed by atoms with E-state index in [0.29, 0.717) is 5.69 Å². The van der Waals surface area contributed by atoms with Crippen LogP contribution in [-0.2, 0) is 13.0 Å². The molecule has 1 atom stereocenters. The maximum Gasteiger partial charge on any atom is 0.270 e. The highest BCUT2D eigenvalue weighted by Crippen LogP contribution is 2.40.